The maximum absolute atomic E-state index is 11.9. The van der Waals surface area contributed by atoms with E-state index in [9.17, 15) is 4.79 Å². The summed E-state index contributed by atoms with van der Waals surface area (Å²) in [4.78, 5) is 11.9. The number of methoxy groups -OCH3 is 3. The van der Waals surface area contributed by atoms with Crippen LogP contribution in [0, 0.1) is 11.3 Å². The molecule has 0 heterocycles. The zero-order valence-electron chi connectivity index (χ0n) is 13.2. The SMILES string of the molecule is CCCNC(=O)/C(C#N)=C/c1cc(OC)c(OC)c(OC)c1. The predicted octanol–water partition coefficient (Wildman–Crippen LogP) is 2.15. The number of nitrogens with zero attached hydrogens (tertiary/aromatic N) is 1. The van der Waals surface area contributed by atoms with Crippen LogP contribution in [0.1, 0.15) is 18.9 Å². The average Bonchev–Trinajstić information content (AvgIpc) is 2.56. The first-order valence-corrected chi connectivity index (χ1v) is 6.81. The summed E-state index contributed by atoms with van der Waals surface area (Å²) >= 11 is 0. The zero-order valence-corrected chi connectivity index (χ0v) is 13.2. The van der Waals surface area contributed by atoms with Crippen molar-refractivity contribution in [3.8, 4) is 23.3 Å². The number of carbonyl (C=O) groups is 1. The minimum atomic E-state index is -0.405. The van der Waals surface area contributed by atoms with E-state index in [-0.39, 0.29) is 5.57 Å². The highest BCUT2D eigenvalue weighted by atomic mass is 16.5. The lowest BCUT2D eigenvalue weighted by molar-refractivity contribution is -0.117. The van der Waals surface area contributed by atoms with Gasteiger partial charge in [0.1, 0.15) is 11.6 Å². The van der Waals surface area contributed by atoms with E-state index in [0.29, 0.717) is 29.4 Å². The van der Waals surface area contributed by atoms with Gasteiger partial charge in [-0.2, -0.15) is 5.26 Å². The highest BCUT2D eigenvalue weighted by Gasteiger charge is 2.14. The van der Waals surface area contributed by atoms with Crippen LogP contribution in [0.2, 0.25) is 0 Å². The summed E-state index contributed by atoms with van der Waals surface area (Å²) in [5, 5.41) is 11.8. The molecule has 1 N–H and O–H groups in total. The molecule has 0 aliphatic rings. The molecule has 0 saturated carbocycles. The van der Waals surface area contributed by atoms with Gasteiger partial charge >= 0.3 is 0 Å². The largest absolute Gasteiger partial charge is 0.493 e. The molecule has 1 rings (SSSR count). The second-order valence-corrected chi connectivity index (χ2v) is 4.38. The normalized spacial score (nSPS) is 10.6. The molecule has 0 radical (unpaired) electrons. The summed E-state index contributed by atoms with van der Waals surface area (Å²) in [6, 6.07) is 5.24. The van der Waals surface area contributed by atoms with E-state index in [1.165, 1.54) is 27.4 Å². The maximum Gasteiger partial charge on any atom is 0.261 e. The van der Waals surface area contributed by atoms with Crippen molar-refractivity contribution in [2.24, 2.45) is 0 Å². The van der Waals surface area contributed by atoms with Crippen molar-refractivity contribution < 1.29 is 19.0 Å². The number of nitriles is 1. The Morgan fingerprint density at radius 2 is 1.82 bits per heavy atom. The van der Waals surface area contributed by atoms with E-state index in [1.54, 1.807) is 12.1 Å². The Morgan fingerprint density at radius 1 is 1.23 bits per heavy atom. The molecule has 0 aliphatic heterocycles. The highest BCUT2D eigenvalue weighted by molar-refractivity contribution is 6.01. The number of benzene rings is 1. The molecule has 1 aromatic carbocycles. The fourth-order valence-electron chi connectivity index (χ4n) is 1.83. The van der Waals surface area contributed by atoms with Crippen LogP contribution < -0.4 is 19.5 Å². The second kappa shape index (κ2) is 8.57. The van der Waals surface area contributed by atoms with Gasteiger partial charge in [-0.15, -0.1) is 0 Å². The molecule has 6 heteroatoms. The Hall–Kier alpha value is -2.68. The standard InChI is InChI=1S/C16H20N2O4/c1-5-6-18-16(19)12(10-17)7-11-8-13(20-2)15(22-4)14(9-11)21-3/h7-9H,5-6H2,1-4H3,(H,18,19)/b12-7+. The Bertz CT molecular complexity index is 578. The third kappa shape index (κ3) is 4.16. The summed E-state index contributed by atoms with van der Waals surface area (Å²) in [6.07, 6.45) is 2.28. The van der Waals surface area contributed by atoms with Crippen LogP contribution in [-0.4, -0.2) is 33.8 Å². The molecule has 6 nitrogen and oxygen atoms in total. The first-order chi connectivity index (χ1) is 10.6. The Kier molecular flexibility index (Phi) is 6.77. The molecule has 1 amide bonds. The summed E-state index contributed by atoms with van der Waals surface area (Å²) in [5.74, 6) is 0.966. The number of amides is 1. The smallest absolute Gasteiger partial charge is 0.261 e. The summed E-state index contributed by atoms with van der Waals surface area (Å²) in [7, 11) is 4.52. The predicted molar refractivity (Wildman–Crippen MR) is 83.0 cm³/mol. The molecule has 0 fully saturated rings. The molecule has 0 spiro atoms. The minimum Gasteiger partial charge on any atom is -0.493 e. The molecule has 22 heavy (non-hydrogen) atoms. The summed E-state index contributed by atoms with van der Waals surface area (Å²) in [6.45, 7) is 2.46. The van der Waals surface area contributed by atoms with Gasteiger partial charge in [0.05, 0.1) is 21.3 Å². The van der Waals surface area contributed by atoms with E-state index >= 15 is 0 Å². The van der Waals surface area contributed by atoms with Crippen molar-refractivity contribution in [3.63, 3.8) is 0 Å². The molecule has 0 saturated heterocycles. The Labute approximate surface area is 130 Å². The molecule has 118 valence electrons. The van der Waals surface area contributed by atoms with Crippen molar-refractivity contribution in [2.45, 2.75) is 13.3 Å². The van der Waals surface area contributed by atoms with E-state index < -0.39 is 5.91 Å². The Morgan fingerprint density at radius 3 is 2.23 bits per heavy atom. The van der Waals surface area contributed by atoms with Gasteiger partial charge < -0.3 is 19.5 Å². The van der Waals surface area contributed by atoms with Gasteiger partial charge in [0.2, 0.25) is 5.75 Å². The zero-order chi connectivity index (χ0) is 16.5. The Balaban J connectivity index is 3.22. The van der Waals surface area contributed by atoms with E-state index in [4.69, 9.17) is 19.5 Å². The second-order valence-electron chi connectivity index (χ2n) is 4.38. The van der Waals surface area contributed by atoms with Crippen LogP contribution in [0.4, 0.5) is 0 Å². The van der Waals surface area contributed by atoms with Gasteiger partial charge in [-0.3, -0.25) is 4.79 Å². The highest BCUT2D eigenvalue weighted by Crippen LogP contribution is 2.38. The summed E-state index contributed by atoms with van der Waals surface area (Å²) < 4.78 is 15.7. The van der Waals surface area contributed by atoms with Gasteiger partial charge in [-0.05, 0) is 30.2 Å². The van der Waals surface area contributed by atoms with Crippen molar-refractivity contribution in [1.29, 1.82) is 5.26 Å². The van der Waals surface area contributed by atoms with Crippen LogP contribution in [0.5, 0.6) is 17.2 Å². The third-order valence-electron chi connectivity index (χ3n) is 2.90. The first-order valence-electron chi connectivity index (χ1n) is 6.81. The average molecular weight is 304 g/mol. The maximum atomic E-state index is 11.9. The summed E-state index contributed by atoms with van der Waals surface area (Å²) in [5.41, 5.74) is 0.625. The molecule has 0 aromatic heterocycles. The van der Waals surface area contributed by atoms with Crippen molar-refractivity contribution >= 4 is 12.0 Å². The fourth-order valence-corrected chi connectivity index (χ4v) is 1.83. The number of hydrogen-bond acceptors (Lipinski definition) is 5. The van der Waals surface area contributed by atoms with Gasteiger partial charge in [-0.25, -0.2) is 0 Å². The van der Waals surface area contributed by atoms with E-state index in [2.05, 4.69) is 5.32 Å². The lowest BCUT2D eigenvalue weighted by atomic mass is 10.1. The van der Waals surface area contributed by atoms with Crippen molar-refractivity contribution in [3.05, 3.63) is 23.3 Å². The first kappa shape index (κ1) is 17.4. The number of nitrogens with one attached hydrogen (secondary N) is 1. The van der Waals surface area contributed by atoms with Crippen LogP contribution in [0.15, 0.2) is 17.7 Å². The van der Waals surface area contributed by atoms with Crippen LogP contribution in [0.25, 0.3) is 6.08 Å². The lowest BCUT2D eigenvalue weighted by Crippen LogP contribution is -2.25. The lowest BCUT2D eigenvalue weighted by Gasteiger charge is -2.13. The van der Waals surface area contributed by atoms with Gasteiger partial charge in [0, 0.05) is 6.54 Å². The third-order valence-corrected chi connectivity index (χ3v) is 2.90. The number of ether oxygens (including phenoxy) is 3. The van der Waals surface area contributed by atoms with Gasteiger partial charge in [0.25, 0.3) is 5.91 Å². The van der Waals surface area contributed by atoms with Gasteiger partial charge in [-0.1, -0.05) is 6.92 Å². The molecule has 0 aliphatic carbocycles. The quantitative estimate of drug-likeness (QED) is 0.616. The molecule has 1 aromatic rings. The molecule has 0 bridgehead atoms. The fraction of sp³-hybridized carbons (Fsp3) is 0.375. The minimum absolute atomic E-state index is 0.0164. The van der Waals surface area contributed by atoms with Crippen molar-refractivity contribution in [2.75, 3.05) is 27.9 Å². The number of hydrogen-bond donors (Lipinski definition) is 1. The van der Waals surface area contributed by atoms with Crippen LogP contribution in [0.3, 0.4) is 0 Å². The molecule has 0 unspecified atom stereocenters. The van der Waals surface area contributed by atoms with Crippen LogP contribution in [-0.2, 0) is 4.79 Å². The van der Waals surface area contributed by atoms with Crippen LogP contribution >= 0.6 is 0 Å². The number of rotatable bonds is 7. The van der Waals surface area contributed by atoms with E-state index in [0.717, 1.165) is 6.42 Å². The van der Waals surface area contributed by atoms with E-state index in [1.807, 2.05) is 13.0 Å². The molecule has 0 atom stereocenters. The monoisotopic (exact) mass is 304 g/mol. The van der Waals surface area contributed by atoms with Gasteiger partial charge in [0.15, 0.2) is 11.5 Å². The van der Waals surface area contributed by atoms with Crippen molar-refractivity contribution in [1.82, 2.24) is 5.32 Å². The number of carbonyl (C=O) groups excluding carboxylic acids is 1. The molecular formula is C16H20N2O4. The molecular weight excluding hydrogens is 284 g/mol. The topological polar surface area (TPSA) is 80.6 Å².